The van der Waals surface area contributed by atoms with E-state index in [1.165, 1.54) is 0 Å². The van der Waals surface area contributed by atoms with Crippen LogP contribution < -0.4 is 5.32 Å². The van der Waals surface area contributed by atoms with Gasteiger partial charge in [0.2, 0.25) is 5.91 Å². The number of amides is 3. The van der Waals surface area contributed by atoms with Gasteiger partial charge in [-0.2, -0.15) is 0 Å². The number of rotatable bonds is 4. The van der Waals surface area contributed by atoms with Gasteiger partial charge in [0.1, 0.15) is 0 Å². The minimum absolute atomic E-state index is 0.0953. The first kappa shape index (κ1) is 12.0. The van der Waals surface area contributed by atoms with Gasteiger partial charge in [-0.25, -0.2) is 4.79 Å². The second kappa shape index (κ2) is 5.11. The highest BCUT2D eigenvalue weighted by Crippen LogP contribution is 2.07. The van der Waals surface area contributed by atoms with Gasteiger partial charge < -0.3 is 9.80 Å². The fraction of sp³-hybridized carbons (Fsp3) is 0.800. The van der Waals surface area contributed by atoms with Crippen molar-refractivity contribution < 1.29 is 9.59 Å². The van der Waals surface area contributed by atoms with E-state index in [0.717, 1.165) is 13.0 Å². The SMILES string of the molecule is CC1CN(CCCN(C)C)C(=O)NC1=O. The molecule has 0 spiro atoms. The molecular formula is C10H19N3O2. The molecule has 5 heteroatoms. The molecule has 1 rings (SSSR count). The molecule has 5 nitrogen and oxygen atoms in total. The molecule has 86 valence electrons. The number of hydrogen-bond donors (Lipinski definition) is 1. The summed E-state index contributed by atoms with van der Waals surface area (Å²) in [5.41, 5.74) is 0. The molecule has 1 aliphatic rings. The van der Waals surface area contributed by atoms with Crippen LogP contribution in [-0.2, 0) is 4.79 Å². The number of carbonyl (C=O) groups is 2. The number of urea groups is 1. The number of hydrogen-bond acceptors (Lipinski definition) is 3. The van der Waals surface area contributed by atoms with Crippen LogP contribution in [0, 0.1) is 5.92 Å². The van der Waals surface area contributed by atoms with Crippen molar-refractivity contribution in [3.05, 3.63) is 0 Å². The molecule has 1 atom stereocenters. The van der Waals surface area contributed by atoms with E-state index in [1.807, 2.05) is 21.0 Å². The third kappa shape index (κ3) is 3.51. The van der Waals surface area contributed by atoms with Gasteiger partial charge in [0.15, 0.2) is 0 Å². The first-order valence-corrected chi connectivity index (χ1v) is 5.25. The van der Waals surface area contributed by atoms with Gasteiger partial charge in [0.25, 0.3) is 0 Å². The van der Waals surface area contributed by atoms with Crippen LogP contribution in [-0.4, -0.2) is 55.5 Å². The van der Waals surface area contributed by atoms with Crippen LogP contribution in [0.5, 0.6) is 0 Å². The maximum atomic E-state index is 11.4. The van der Waals surface area contributed by atoms with E-state index < -0.39 is 0 Å². The quantitative estimate of drug-likeness (QED) is 0.722. The zero-order valence-corrected chi connectivity index (χ0v) is 9.62. The Balaban J connectivity index is 2.35. The zero-order valence-electron chi connectivity index (χ0n) is 9.62. The lowest BCUT2D eigenvalue weighted by atomic mass is 10.1. The van der Waals surface area contributed by atoms with Gasteiger partial charge in [-0.05, 0) is 27.1 Å². The maximum Gasteiger partial charge on any atom is 0.324 e. The fourth-order valence-corrected chi connectivity index (χ4v) is 1.57. The highest BCUT2D eigenvalue weighted by molar-refractivity contribution is 5.97. The molecule has 0 radical (unpaired) electrons. The molecule has 0 aromatic heterocycles. The summed E-state index contributed by atoms with van der Waals surface area (Å²) in [5, 5.41) is 2.35. The van der Waals surface area contributed by atoms with Crippen molar-refractivity contribution in [2.45, 2.75) is 13.3 Å². The van der Waals surface area contributed by atoms with E-state index in [0.29, 0.717) is 13.1 Å². The second-order valence-corrected chi connectivity index (χ2v) is 4.30. The molecule has 1 saturated heterocycles. The molecule has 0 aromatic carbocycles. The summed E-state index contributed by atoms with van der Waals surface area (Å²) in [5.74, 6) is -0.258. The minimum Gasteiger partial charge on any atom is -0.324 e. The standard InChI is InChI=1S/C10H19N3O2/c1-8-7-13(6-4-5-12(2)3)10(15)11-9(8)14/h8H,4-7H2,1-3H3,(H,11,14,15). The summed E-state index contributed by atoms with van der Waals surface area (Å²) in [6.45, 7) is 4.03. The van der Waals surface area contributed by atoms with E-state index in [-0.39, 0.29) is 17.9 Å². The summed E-state index contributed by atoms with van der Waals surface area (Å²) in [4.78, 5) is 26.4. The number of nitrogens with zero attached hydrogens (tertiary/aromatic N) is 2. The van der Waals surface area contributed by atoms with Gasteiger partial charge in [0.05, 0.1) is 5.92 Å². The molecule has 1 N–H and O–H groups in total. The highest BCUT2D eigenvalue weighted by atomic mass is 16.2. The van der Waals surface area contributed by atoms with Crippen molar-refractivity contribution in [3.63, 3.8) is 0 Å². The number of carbonyl (C=O) groups excluding carboxylic acids is 2. The van der Waals surface area contributed by atoms with E-state index in [4.69, 9.17) is 0 Å². The smallest absolute Gasteiger partial charge is 0.324 e. The third-order valence-corrected chi connectivity index (χ3v) is 2.49. The second-order valence-electron chi connectivity index (χ2n) is 4.30. The fourth-order valence-electron chi connectivity index (χ4n) is 1.57. The molecule has 1 aliphatic heterocycles. The number of nitrogens with one attached hydrogen (secondary N) is 1. The maximum absolute atomic E-state index is 11.4. The van der Waals surface area contributed by atoms with Crippen LogP contribution in [0.25, 0.3) is 0 Å². The molecule has 0 saturated carbocycles. The van der Waals surface area contributed by atoms with Crippen molar-refractivity contribution in [2.24, 2.45) is 5.92 Å². The topological polar surface area (TPSA) is 52.6 Å². The van der Waals surface area contributed by atoms with Gasteiger partial charge >= 0.3 is 6.03 Å². The molecule has 1 fully saturated rings. The lowest BCUT2D eigenvalue weighted by Crippen LogP contribution is -2.54. The van der Waals surface area contributed by atoms with Crippen LogP contribution in [0.1, 0.15) is 13.3 Å². The predicted molar refractivity (Wildman–Crippen MR) is 57.4 cm³/mol. The average Bonchev–Trinajstić information content (AvgIpc) is 2.13. The Morgan fingerprint density at radius 2 is 2.13 bits per heavy atom. The van der Waals surface area contributed by atoms with Crippen molar-refractivity contribution in [2.75, 3.05) is 33.7 Å². The van der Waals surface area contributed by atoms with Crippen LogP contribution in [0.3, 0.4) is 0 Å². The molecule has 1 unspecified atom stereocenters. The number of imide groups is 1. The first-order valence-electron chi connectivity index (χ1n) is 5.25. The van der Waals surface area contributed by atoms with E-state index >= 15 is 0 Å². The van der Waals surface area contributed by atoms with Crippen LogP contribution >= 0.6 is 0 Å². The summed E-state index contributed by atoms with van der Waals surface area (Å²) >= 11 is 0. The lowest BCUT2D eigenvalue weighted by Gasteiger charge is -2.30. The van der Waals surface area contributed by atoms with E-state index in [1.54, 1.807) is 4.90 Å². The molecule has 0 aliphatic carbocycles. The summed E-state index contributed by atoms with van der Waals surface area (Å²) in [6, 6.07) is -0.253. The van der Waals surface area contributed by atoms with Crippen LogP contribution in [0.15, 0.2) is 0 Å². The van der Waals surface area contributed by atoms with Gasteiger partial charge in [0, 0.05) is 13.1 Å². The molecule has 0 bridgehead atoms. The molecule has 3 amide bonds. The van der Waals surface area contributed by atoms with Crippen molar-refractivity contribution in [1.29, 1.82) is 0 Å². The van der Waals surface area contributed by atoms with Gasteiger partial charge in [-0.1, -0.05) is 6.92 Å². The van der Waals surface area contributed by atoms with Crippen LogP contribution in [0.2, 0.25) is 0 Å². The summed E-state index contributed by atoms with van der Waals surface area (Å²) in [6.07, 6.45) is 0.932. The monoisotopic (exact) mass is 213 g/mol. The normalized spacial score (nSPS) is 22.1. The zero-order chi connectivity index (χ0) is 11.4. The molecule has 15 heavy (non-hydrogen) atoms. The Labute approximate surface area is 90.4 Å². The first-order chi connectivity index (χ1) is 7.00. The lowest BCUT2D eigenvalue weighted by molar-refractivity contribution is -0.125. The molecule has 0 aromatic rings. The van der Waals surface area contributed by atoms with Crippen molar-refractivity contribution >= 4 is 11.9 Å². The van der Waals surface area contributed by atoms with Crippen molar-refractivity contribution in [1.82, 2.24) is 15.1 Å². The Bertz CT molecular complexity index is 253. The van der Waals surface area contributed by atoms with E-state index in [2.05, 4.69) is 10.2 Å². The van der Waals surface area contributed by atoms with Gasteiger partial charge in [-0.3, -0.25) is 10.1 Å². The highest BCUT2D eigenvalue weighted by Gasteiger charge is 2.28. The van der Waals surface area contributed by atoms with E-state index in [9.17, 15) is 9.59 Å². The largest absolute Gasteiger partial charge is 0.324 e. The van der Waals surface area contributed by atoms with Crippen molar-refractivity contribution in [3.8, 4) is 0 Å². The Morgan fingerprint density at radius 3 is 2.73 bits per heavy atom. The Hall–Kier alpha value is -1.10. The average molecular weight is 213 g/mol. The Kier molecular flexibility index (Phi) is 4.08. The molecular weight excluding hydrogens is 194 g/mol. The third-order valence-electron chi connectivity index (χ3n) is 2.49. The Morgan fingerprint density at radius 1 is 1.47 bits per heavy atom. The van der Waals surface area contributed by atoms with Crippen LogP contribution in [0.4, 0.5) is 4.79 Å². The molecule has 1 heterocycles. The minimum atomic E-state index is -0.253. The predicted octanol–water partition coefficient (Wildman–Crippen LogP) is 0.126. The van der Waals surface area contributed by atoms with Gasteiger partial charge in [-0.15, -0.1) is 0 Å². The summed E-state index contributed by atoms with van der Waals surface area (Å²) < 4.78 is 0. The summed E-state index contributed by atoms with van der Waals surface area (Å²) in [7, 11) is 4.00.